The van der Waals surface area contributed by atoms with Gasteiger partial charge in [-0.15, -0.1) is 0 Å². The number of hydrogen-bond acceptors (Lipinski definition) is 22. The molecule has 22 heteroatoms. The summed E-state index contributed by atoms with van der Waals surface area (Å²) in [5.74, 6) is 0. The molecule has 0 spiro atoms. The molecule has 4 heterocycles. The topological polar surface area (TPSA) is 357 Å². The van der Waals surface area contributed by atoms with Crippen molar-refractivity contribution >= 4 is 0 Å². The van der Waals surface area contributed by atoms with Gasteiger partial charge in [0.05, 0.1) is 26.4 Å². The molecule has 0 aliphatic carbocycles. The van der Waals surface area contributed by atoms with E-state index in [0.717, 1.165) is 0 Å². The van der Waals surface area contributed by atoms with E-state index >= 15 is 0 Å². The highest BCUT2D eigenvalue weighted by Crippen LogP contribution is 2.34. The second kappa shape index (κ2) is 16.2. The Kier molecular flexibility index (Phi) is 13.4. The van der Waals surface area contributed by atoms with Crippen molar-refractivity contribution in [2.45, 2.75) is 123 Å². The smallest absolute Gasteiger partial charge is 0.190 e. The molecule has 0 unspecified atom stereocenters. The van der Waals surface area contributed by atoms with Crippen LogP contribution in [0.4, 0.5) is 0 Å². The van der Waals surface area contributed by atoms with Crippen molar-refractivity contribution in [3.63, 3.8) is 0 Å². The average molecular weight is 683 g/mol. The minimum absolute atomic E-state index is 0.806. The maximum atomic E-state index is 10.9. The minimum Gasteiger partial charge on any atom is -0.394 e. The molecule has 0 radical (unpaired) electrons. The molecule has 0 aromatic carbocycles. The molecule has 20 atom stereocenters. The van der Waals surface area contributed by atoms with E-state index in [4.69, 9.17) is 33.2 Å². The first-order valence-electron chi connectivity index (χ1n) is 14.3. The Hall–Kier alpha value is -0.880. The Morgan fingerprint density at radius 1 is 0.370 bits per heavy atom. The summed E-state index contributed by atoms with van der Waals surface area (Å²) < 4.78 is 37.8. The fourth-order valence-corrected chi connectivity index (χ4v) is 5.64. The number of aliphatic hydroxyl groups is 13. The summed E-state index contributed by atoms with van der Waals surface area (Å²) in [4.78, 5) is 4.13. The molecule has 4 saturated heterocycles. The third-order valence-corrected chi connectivity index (χ3v) is 8.30. The van der Waals surface area contributed by atoms with Crippen LogP contribution in [0.3, 0.4) is 0 Å². The second-order valence-corrected chi connectivity index (χ2v) is 11.2. The van der Waals surface area contributed by atoms with Crippen LogP contribution in [0.1, 0.15) is 0 Å². The predicted molar refractivity (Wildman–Crippen MR) is 135 cm³/mol. The lowest BCUT2D eigenvalue weighted by molar-refractivity contribution is -0.412. The average Bonchev–Trinajstić information content (AvgIpc) is 3.05. The van der Waals surface area contributed by atoms with E-state index in [1.54, 1.807) is 0 Å². The van der Waals surface area contributed by atoms with Gasteiger partial charge in [0.25, 0.3) is 0 Å². The quantitative estimate of drug-likeness (QED) is 0.0710. The van der Waals surface area contributed by atoms with Crippen molar-refractivity contribution < 1.29 is 110 Å². The molecule has 270 valence electrons. The Morgan fingerprint density at radius 2 is 0.717 bits per heavy atom. The lowest BCUT2D eigenvalue weighted by Crippen LogP contribution is -2.67. The van der Waals surface area contributed by atoms with Gasteiger partial charge in [-0.25, -0.2) is 4.89 Å². The first kappa shape index (κ1) is 37.9. The van der Waals surface area contributed by atoms with E-state index in [1.807, 2.05) is 0 Å². The zero-order chi connectivity index (χ0) is 34.0. The van der Waals surface area contributed by atoms with E-state index in [-0.39, 0.29) is 0 Å². The summed E-state index contributed by atoms with van der Waals surface area (Å²) in [6, 6.07) is 0. The number of rotatable bonds is 11. The molecule has 4 aliphatic heterocycles. The molecule has 14 N–H and O–H groups in total. The van der Waals surface area contributed by atoms with Crippen LogP contribution in [0.25, 0.3) is 0 Å². The molecule has 4 rings (SSSR count). The van der Waals surface area contributed by atoms with Gasteiger partial charge in [-0.1, -0.05) is 0 Å². The van der Waals surface area contributed by atoms with Crippen LogP contribution in [-0.2, 0) is 38.0 Å². The standard InChI is InChI=1S/C24H42O22/c25-1-5-9(29)10(30)20(46-38)24(40-5)45-19-8(4-28)42-23(16(36)13(19)33)44-18-7(3-27)41-22(15(35)12(18)32)43-17-6(2-26)39-21(37)14(34)11(17)31/h5-38H,1-4H2/t5-,6-,7-,8-,9-,10+,11-,12-,13-,14-,15-,16-,17-,18-,19-,20-,21+,22-,23-,24-/m1/s1. The van der Waals surface area contributed by atoms with Crippen LogP contribution in [0.15, 0.2) is 0 Å². The van der Waals surface area contributed by atoms with Gasteiger partial charge in [0.15, 0.2) is 31.3 Å². The van der Waals surface area contributed by atoms with E-state index in [1.165, 1.54) is 0 Å². The Labute approximate surface area is 259 Å². The van der Waals surface area contributed by atoms with Crippen LogP contribution >= 0.6 is 0 Å². The van der Waals surface area contributed by atoms with Gasteiger partial charge in [0, 0.05) is 0 Å². The van der Waals surface area contributed by atoms with Gasteiger partial charge in [-0.3, -0.25) is 5.26 Å². The third-order valence-electron chi connectivity index (χ3n) is 8.30. The van der Waals surface area contributed by atoms with E-state index in [0.29, 0.717) is 0 Å². The molecular formula is C24H42O22. The Morgan fingerprint density at radius 3 is 1.13 bits per heavy atom. The molecule has 4 aliphatic rings. The largest absolute Gasteiger partial charge is 0.394 e. The number of ether oxygens (including phenoxy) is 7. The van der Waals surface area contributed by atoms with Gasteiger partial charge in [-0.05, 0) is 0 Å². The summed E-state index contributed by atoms with van der Waals surface area (Å²) in [7, 11) is 0. The number of aliphatic hydroxyl groups excluding tert-OH is 13. The molecular weight excluding hydrogens is 640 g/mol. The fraction of sp³-hybridized carbons (Fsp3) is 1.00. The SMILES string of the molecule is OC[C@H]1O[C@H](O[C@H]2[C@H](O)[C@@H](O)[C@@H](O[C@H]3[C@H](O)[C@@H](O)[C@@H](O[C@H]4[C@H](O)[C@@H](O)[C@@H](O)O[C@@H]4CO)O[C@@H]3CO)O[C@@H]2CO)[C@H](OO)[C@@H](O)[C@@H]1O. The van der Waals surface area contributed by atoms with Crippen molar-refractivity contribution in [1.82, 2.24) is 0 Å². The van der Waals surface area contributed by atoms with Crippen LogP contribution in [0, 0.1) is 0 Å². The van der Waals surface area contributed by atoms with Crippen molar-refractivity contribution in [2.75, 3.05) is 26.4 Å². The minimum atomic E-state index is -2.04. The van der Waals surface area contributed by atoms with Gasteiger partial charge >= 0.3 is 0 Å². The highest BCUT2D eigenvalue weighted by molar-refractivity contribution is 4.97. The zero-order valence-corrected chi connectivity index (χ0v) is 23.9. The maximum Gasteiger partial charge on any atom is 0.190 e. The van der Waals surface area contributed by atoms with Crippen LogP contribution in [0.2, 0.25) is 0 Å². The molecule has 0 bridgehead atoms. The molecule has 46 heavy (non-hydrogen) atoms. The summed E-state index contributed by atoms with van der Waals surface area (Å²) in [6.45, 7) is -3.44. The zero-order valence-electron chi connectivity index (χ0n) is 23.9. The van der Waals surface area contributed by atoms with Crippen molar-refractivity contribution in [3.05, 3.63) is 0 Å². The monoisotopic (exact) mass is 682 g/mol. The Bertz CT molecular complexity index is 928. The van der Waals surface area contributed by atoms with E-state index in [2.05, 4.69) is 4.89 Å². The number of hydrogen-bond donors (Lipinski definition) is 14. The van der Waals surface area contributed by atoms with Crippen LogP contribution < -0.4 is 0 Å². The molecule has 0 amide bonds. The predicted octanol–water partition coefficient (Wildman–Crippen LogP) is -9.25. The second-order valence-electron chi connectivity index (χ2n) is 11.2. The molecule has 22 nitrogen and oxygen atoms in total. The van der Waals surface area contributed by atoms with Gasteiger partial charge in [-0.2, -0.15) is 0 Å². The summed E-state index contributed by atoms with van der Waals surface area (Å²) in [5.41, 5.74) is 0. The van der Waals surface area contributed by atoms with Crippen LogP contribution in [0.5, 0.6) is 0 Å². The van der Waals surface area contributed by atoms with Crippen molar-refractivity contribution in [3.8, 4) is 0 Å². The first-order chi connectivity index (χ1) is 21.8. The normalized spacial score (nSPS) is 52.0. The van der Waals surface area contributed by atoms with Crippen LogP contribution in [-0.4, -0.2) is 221 Å². The third kappa shape index (κ3) is 7.48. The van der Waals surface area contributed by atoms with E-state index < -0.39 is 149 Å². The van der Waals surface area contributed by atoms with Gasteiger partial charge < -0.3 is 99.5 Å². The highest BCUT2D eigenvalue weighted by Gasteiger charge is 2.55. The fourth-order valence-electron chi connectivity index (χ4n) is 5.64. The molecule has 4 fully saturated rings. The highest BCUT2D eigenvalue weighted by atomic mass is 17.1. The molecule has 0 aromatic rings. The Balaban J connectivity index is 1.44. The molecule has 0 aromatic heterocycles. The lowest BCUT2D eigenvalue weighted by atomic mass is 9.95. The first-order valence-corrected chi connectivity index (χ1v) is 14.3. The maximum absolute atomic E-state index is 10.9. The van der Waals surface area contributed by atoms with Crippen molar-refractivity contribution in [2.24, 2.45) is 0 Å². The molecule has 0 saturated carbocycles. The van der Waals surface area contributed by atoms with Gasteiger partial charge in [0.2, 0.25) is 0 Å². The lowest BCUT2D eigenvalue weighted by Gasteiger charge is -2.49. The van der Waals surface area contributed by atoms with Crippen molar-refractivity contribution in [1.29, 1.82) is 0 Å². The summed E-state index contributed by atoms with van der Waals surface area (Å²) in [5, 5.41) is 142. The summed E-state index contributed by atoms with van der Waals surface area (Å²) in [6.07, 6.45) is -35.5. The van der Waals surface area contributed by atoms with Gasteiger partial charge in [0.1, 0.15) is 91.6 Å². The van der Waals surface area contributed by atoms with E-state index in [9.17, 15) is 71.6 Å². The summed E-state index contributed by atoms with van der Waals surface area (Å²) >= 11 is 0.